The number of ether oxygens (including phenoxy) is 1. The second-order valence-corrected chi connectivity index (χ2v) is 4.65. The van der Waals surface area contributed by atoms with Crippen LogP contribution >= 0.6 is 0 Å². The minimum absolute atomic E-state index is 0.457. The predicted octanol–water partition coefficient (Wildman–Crippen LogP) is 3.17. The molecule has 1 fully saturated rings. The van der Waals surface area contributed by atoms with Crippen molar-refractivity contribution >= 4 is 5.69 Å². The second-order valence-electron chi connectivity index (χ2n) is 4.65. The van der Waals surface area contributed by atoms with Crippen LogP contribution in [0.25, 0.3) is 0 Å². The Morgan fingerprint density at radius 2 is 2.24 bits per heavy atom. The molecular formula is C14H18N2O. The third-order valence-corrected chi connectivity index (χ3v) is 3.56. The number of para-hydroxylation sites is 1. The molecule has 0 heterocycles. The third-order valence-electron chi connectivity index (χ3n) is 3.56. The van der Waals surface area contributed by atoms with E-state index in [-0.39, 0.29) is 0 Å². The fourth-order valence-electron chi connectivity index (χ4n) is 2.49. The predicted molar refractivity (Wildman–Crippen MR) is 68.1 cm³/mol. The van der Waals surface area contributed by atoms with Crippen molar-refractivity contribution in [3.63, 3.8) is 0 Å². The van der Waals surface area contributed by atoms with Gasteiger partial charge in [-0.05, 0) is 30.9 Å². The topological polar surface area (TPSA) is 45.0 Å². The lowest BCUT2D eigenvalue weighted by Gasteiger charge is -2.21. The van der Waals surface area contributed by atoms with Gasteiger partial charge in [0.05, 0.1) is 18.4 Å². The van der Waals surface area contributed by atoms with E-state index in [2.05, 4.69) is 18.3 Å². The molecule has 17 heavy (non-hydrogen) atoms. The van der Waals surface area contributed by atoms with Gasteiger partial charge in [-0.1, -0.05) is 19.4 Å². The number of nitriles is 1. The van der Waals surface area contributed by atoms with Crippen molar-refractivity contribution in [2.24, 2.45) is 5.92 Å². The van der Waals surface area contributed by atoms with Crippen LogP contribution in [0.15, 0.2) is 18.2 Å². The maximum atomic E-state index is 9.13. The Morgan fingerprint density at radius 1 is 1.41 bits per heavy atom. The van der Waals surface area contributed by atoms with Crippen molar-refractivity contribution in [2.75, 3.05) is 12.4 Å². The molecule has 1 saturated carbocycles. The van der Waals surface area contributed by atoms with Crippen LogP contribution in [0, 0.1) is 17.2 Å². The zero-order valence-electron chi connectivity index (χ0n) is 10.4. The molecule has 0 aliphatic heterocycles. The Bertz CT molecular complexity index is 436. The van der Waals surface area contributed by atoms with Crippen molar-refractivity contribution in [3.05, 3.63) is 23.8 Å². The van der Waals surface area contributed by atoms with Crippen LogP contribution in [0.3, 0.4) is 0 Å². The molecule has 3 nitrogen and oxygen atoms in total. The fourth-order valence-corrected chi connectivity index (χ4v) is 2.49. The minimum Gasteiger partial charge on any atom is -0.495 e. The average Bonchev–Trinajstić information content (AvgIpc) is 2.75. The molecule has 0 bridgehead atoms. The van der Waals surface area contributed by atoms with Crippen LogP contribution < -0.4 is 10.1 Å². The van der Waals surface area contributed by atoms with E-state index >= 15 is 0 Å². The summed E-state index contributed by atoms with van der Waals surface area (Å²) in [5.74, 6) is 1.41. The van der Waals surface area contributed by atoms with E-state index in [0.29, 0.717) is 17.5 Å². The quantitative estimate of drug-likeness (QED) is 0.867. The van der Waals surface area contributed by atoms with E-state index in [1.807, 2.05) is 18.2 Å². The SMILES string of the molecule is COc1cccc(C#N)c1NC1CCCC1C. The Morgan fingerprint density at radius 3 is 2.82 bits per heavy atom. The number of hydrogen-bond acceptors (Lipinski definition) is 3. The van der Waals surface area contributed by atoms with Crippen LogP contribution in [0.1, 0.15) is 31.7 Å². The smallest absolute Gasteiger partial charge is 0.143 e. The molecule has 2 rings (SSSR count). The van der Waals surface area contributed by atoms with E-state index in [0.717, 1.165) is 11.4 Å². The average molecular weight is 230 g/mol. The highest BCUT2D eigenvalue weighted by Crippen LogP contribution is 2.33. The molecule has 1 aromatic rings. The molecule has 0 aromatic heterocycles. The molecule has 0 radical (unpaired) electrons. The lowest BCUT2D eigenvalue weighted by atomic mass is 10.0. The molecule has 90 valence electrons. The van der Waals surface area contributed by atoms with Crippen LogP contribution in [-0.4, -0.2) is 13.2 Å². The summed E-state index contributed by atoms with van der Waals surface area (Å²) in [6, 6.07) is 8.24. The Hall–Kier alpha value is -1.69. The molecule has 2 unspecified atom stereocenters. The van der Waals surface area contributed by atoms with E-state index < -0.39 is 0 Å². The number of nitrogens with one attached hydrogen (secondary N) is 1. The first-order valence-electron chi connectivity index (χ1n) is 6.10. The summed E-state index contributed by atoms with van der Waals surface area (Å²) in [6.45, 7) is 2.26. The number of nitrogens with zero attached hydrogens (tertiary/aromatic N) is 1. The zero-order chi connectivity index (χ0) is 12.3. The van der Waals surface area contributed by atoms with Crippen LogP contribution in [0.5, 0.6) is 5.75 Å². The summed E-state index contributed by atoms with van der Waals surface area (Å²) in [7, 11) is 1.64. The van der Waals surface area contributed by atoms with Gasteiger partial charge in [0.25, 0.3) is 0 Å². The van der Waals surface area contributed by atoms with Crippen molar-refractivity contribution in [1.82, 2.24) is 0 Å². The van der Waals surface area contributed by atoms with Crippen LogP contribution in [0.2, 0.25) is 0 Å². The van der Waals surface area contributed by atoms with Crippen molar-refractivity contribution < 1.29 is 4.74 Å². The Balaban J connectivity index is 2.27. The molecule has 1 aliphatic rings. The summed E-state index contributed by atoms with van der Waals surface area (Å²) < 4.78 is 5.32. The minimum atomic E-state index is 0.457. The number of hydrogen-bond donors (Lipinski definition) is 1. The lowest BCUT2D eigenvalue weighted by Crippen LogP contribution is -2.22. The highest BCUT2D eigenvalue weighted by molar-refractivity contribution is 5.66. The highest BCUT2D eigenvalue weighted by Gasteiger charge is 2.24. The van der Waals surface area contributed by atoms with Gasteiger partial charge in [-0.3, -0.25) is 0 Å². The first kappa shape index (κ1) is 11.8. The number of benzene rings is 1. The molecule has 1 aromatic carbocycles. The van der Waals surface area contributed by atoms with Crippen molar-refractivity contribution in [2.45, 2.75) is 32.2 Å². The molecule has 0 saturated heterocycles. The molecule has 0 amide bonds. The largest absolute Gasteiger partial charge is 0.495 e. The van der Waals surface area contributed by atoms with Crippen molar-refractivity contribution in [3.8, 4) is 11.8 Å². The Kier molecular flexibility index (Phi) is 3.53. The summed E-state index contributed by atoms with van der Waals surface area (Å²) in [6.07, 6.45) is 3.69. The molecule has 1 aliphatic carbocycles. The summed E-state index contributed by atoms with van der Waals surface area (Å²) in [5.41, 5.74) is 1.50. The highest BCUT2D eigenvalue weighted by atomic mass is 16.5. The molecule has 0 spiro atoms. The maximum absolute atomic E-state index is 9.13. The normalized spacial score (nSPS) is 23.1. The molecule has 1 N–H and O–H groups in total. The van der Waals surface area contributed by atoms with Gasteiger partial charge < -0.3 is 10.1 Å². The van der Waals surface area contributed by atoms with Gasteiger partial charge in [-0.15, -0.1) is 0 Å². The van der Waals surface area contributed by atoms with Gasteiger partial charge in [-0.2, -0.15) is 5.26 Å². The molecule has 2 atom stereocenters. The summed E-state index contributed by atoms with van der Waals surface area (Å²) in [4.78, 5) is 0. The van der Waals surface area contributed by atoms with E-state index in [1.54, 1.807) is 7.11 Å². The van der Waals surface area contributed by atoms with Gasteiger partial charge in [0, 0.05) is 6.04 Å². The van der Waals surface area contributed by atoms with Gasteiger partial charge >= 0.3 is 0 Å². The number of anilines is 1. The van der Waals surface area contributed by atoms with Gasteiger partial charge in [0.1, 0.15) is 11.8 Å². The summed E-state index contributed by atoms with van der Waals surface area (Å²) >= 11 is 0. The first-order chi connectivity index (χ1) is 8.26. The van der Waals surface area contributed by atoms with E-state index in [4.69, 9.17) is 10.00 Å². The van der Waals surface area contributed by atoms with E-state index in [9.17, 15) is 0 Å². The van der Waals surface area contributed by atoms with Gasteiger partial charge in [0.15, 0.2) is 0 Å². The van der Waals surface area contributed by atoms with Crippen LogP contribution in [0.4, 0.5) is 5.69 Å². The summed E-state index contributed by atoms with van der Waals surface area (Å²) in [5, 5.41) is 12.6. The first-order valence-corrected chi connectivity index (χ1v) is 6.10. The molecular weight excluding hydrogens is 212 g/mol. The Labute approximate surface area is 102 Å². The van der Waals surface area contributed by atoms with Gasteiger partial charge in [0.2, 0.25) is 0 Å². The fraction of sp³-hybridized carbons (Fsp3) is 0.500. The third kappa shape index (κ3) is 2.36. The number of methoxy groups -OCH3 is 1. The number of rotatable bonds is 3. The van der Waals surface area contributed by atoms with Crippen molar-refractivity contribution in [1.29, 1.82) is 5.26 Å². The monoisotopic (exact) mass is 230 g/mol. The molecule has 3 heteroatoms. The zero-order valence-corrected chi connectivity index (χ0v) is 10.4. The maximum Gasteiger partial charge on any atom is 0.143 e. The standard InChI is InChI=1S/C14H18N2O/c1-10-5-3-7-12(10)16-14-11(9-15)6-4-8-13(14)17-2/h4,6,8,10,12,16H,3,5,7H2,1-2H3. The van der Waals surface area contributed by atoms with E-state index in [1.165, 1.54) is 19.3 Å². The second kappa shape index (κ2) is 5.09. The van der Waals surface area contributed by atoms with Gasteiger partial charge in [-0.25, -0.2) is 0 Å². The lowest BCUT2D eigenvalue weighted by molar-refractivity contribution is 0.415. The van der Waals surface area contributed by atoms with Crippen LogP contribution in [-0.2, 0) is 0 Å².